The van der Waals surface area contributed by atoms with E-state index in [1.54, 1.807) is 7.11 Å². The van der Waals surface area contributed by atoms with Crippen LogP contribution in [0.15, 0.2) is 65.3 Å². The van der Waals surface area contributed by atoms with Crippen LogP contribution in [0, 0.1) is 0 Å². The fourth-order valence-corrected chi connectivity index (χ4v) is 4.50. The summed E-state index contributed by atoms with van der Waals surface area (Å²) in [5.74, 6) is 1.51. The van der Waals surface area contributed by atoms with Crippen molar-refractivity contribution in [1.29, 1.82) is 0 Å². The van der Waals surface area contributed by atoms with Crippen LogP contribution in [-0.4, -0.2) is 23.5 Å². The zero-order valence-electron chi connectivity index (χ0n) is 16.6. The number of rotatable bonds is 4. The van der Waals surface area contributed by atoms with E-state index in [2.05, 4.69) is 47.4 Å². The van der Waals surface area contributed by atoms with Gasteiger partial charge in [-0.1, -0.05) is 68.1 Å². The molecule has 2 N–H and O–H groups in total. The number of benzene rings is 2. The average Bonchev–Trinajstić information content (AvgIpc) is 2.89. The van der Waals surface area contributed by atoms with Crippen LogP contribution in [0.2, 0.25) is 0 Å². The Morgan fingerprint density at radius 3 is 2.32 bits per heavy atom. The number of hydrogen-bond acceptors (Lipinski definition) is 4. The number of nitrogens with two attached hydrogens (primary N) is 1. The van der Waals surface area contributed by atoms with Crippen molar-refractivity contribution < 1.29 is 4.74 Å². The predicted octanol–water partition coefficient (Wildman–Crippen LogP) is 4.96. The van der Waals surface area contributed by atoms with Crippen LogP contribution in [-0.2, 0) is 6.54 Å². The van der Waals surface area contributed by atoms with Crippen LogP contribution in [0.5, 0.6) is 5.75 Å². The molecule has 146 valence electrons. The minimum absolute atomic E-state index is 0.101. The molecule has 0 unspecified atom stereocenters. The molecule has 0 atom stereocenters. The van der Waals surface area contributed by atoms with Crippen molar-refractivity contribution in [1.82, 2.24) is 4.90 Å². The van der Waals surface area contributed by atoms with E-state index in [9.17, 15) is 0 Å². The number of hydrogen-bond donors (Lipinski definition) is 1. The van der Waals surface area contributed by atoms with Crippen molar-refractivity contribution in [2.45, 2.75) is 50.6 Å². The Labute approximate surface area is 167 Å². The number of guanidine groups is 1. The Morgan fingerprint density at radius 2 is 1.68 bits per heavy atom. The molecule has 28 heavy (non-hydrogen) atoms. The predicted molar refractivity (Wildman–Crippen MR) is 115 cm³/mol. The molecule has 1 fully saturated rings. The first-order valence-electron chi connectivity index (χ1n) is 10.2. The van der Waals surface area contributed by atoms with E-state index in [4.69, 9.17) is 15.5 Å². The van der Waals surface area contributed by atoms with Crippen LogP contribution >= 0.6 is 0 Å². The maximum atomic E-state index is 6.49. The third-order valence-electron chi connectivity index (χ3n) is 6.04. The van der Waals surface area contributed by atoms with Crippen molar-refractivity contribution in [3.8, 4) is 5.75 Å². The standard InChI is InChI=1S/C24H29N3O/c1-28-21-13-11-20(12-14-21)18-27-23(25)26-22(17-19-9-5-4-6-10-19)24(27)15-7-2-3-8-16-24/h4-6,9-14,17H,2-3,7-8,15-16,18H2,1H3,(H2,25,26)/b22-17-. The van der Waals surface area contributed by atoms with E-state index in [-0.39, 0.29) is 5.54 Å². The molecular formula is C24H29N3O. The largest absolute Gasteiger partial charge is 0.497 e. The highest BCUT2D eigenvalue weighted by atomic mass is 16.5. The molecule has 1 spiro atoms. The summed E-state index contributed by atoms with van der Waals surface area (Å²) < 4.78 is 5.30. The number of methoxy groups -OCH3 is 1. The van der Waals surface area contributed by atoms with Crippen molar-refractivity contribution in [2.24, 2.45) is 10.7 Å². The summed E-state index contributed by atoms with van der Waals surface area (Å²) in [6, 6.07) is 18.7. The molecule has 4 rings (SSSR count). The van der Waals surface area contributed by atoms with Gasteiger partial charge in [0.15, 0.2) is 5.96 Å². The van der Waals surface area contributed by atoms with Crippen LogP contribution in [0.1, 0.15) is 49.7 Å². The molecule has 1 heterocycles. The van der Waals surface area contributed by atoms with Crippen LogP contribution < -0.4 is 10.5 Å². The molecule has 2 aromatic carbocycles. The minimum atomic E-state index is -0.101. The van der Waals surface area contributed by atoms with Crippen LogP contribution in [0.3, 0.4) is 0 Å². The second-order valence-corrected chi connectivity index (χ2v) is 7.79. The first-order chi connectivity index (χ1) is 13.7. The Morgan fingerprint density at radius 1 is 1.00 bits per heavy atom. The summed E-state index contributed by atoms with van der Waals surface area (Å²) in [4.78, 5) is 7.21. The molecule has 1 aliphatic heterocycles. The van der Waals surface area contributed by atoms with Gasteiger partial charge in [0.05, 0.1) is 18.3 Å². The highest BCUT2D eigenvalue weighted by Crippen LogP contribution is 2.44. The number of aliphatic imine (C=N–C) groups is 1. The van der Waals surface area contributed by atoms with Crippen LogP contribution in [0.4, 0.5) is 0 Å². The third-order valence-corrected chi connectivity index (χ3v) is 6.04. The molecule has 0 bridgehead atoms. The van der Waals surface area contributed by atoms with Gasteiger partial charge < -0.3 is 15.4 Å². The first-order valence-corrected chi connectivity index (χ1v) is 10.2. The molecule has 0 radical (unpaired) electrons. The van der Waals surface area contributed by atoms with Gasteiger partial charge in [-0.05, 0) is 42.2 Å². The van der Waals surface area contributed by atoms with Gasteiger partial charge in [-0.25, -0.2) is 4.99 Å². The number of ether oxygens (including phenoxy) is 1. The van der Waals surface area contributed by atoms with Crippen molar-refractivity contribution in [2.75, 3.05) is 7.11 Å². The molecular weight excluding hydrogens is 346 g/mol. The lowest BCUT2D eigenvalue weighted by molar-refractivity contribution is 0.194. The van der Waals surface area contributed by atoms with Gasteiger partial charge >= 0.3 is 0 Å². The van der Waals surface area contributed by atoms with Crippen LogP contribution in [0.25, 0.3) is 6.08 Å². The van der Waals surface area contributed by atoms with Gasteiger partial charge in [-0.3, -0.25) is 0 Å². The highest BCUT2D eigenvalue weighted by molar-refractivity contribution is 5.85. The molecule has 0 aromatic heterocycles. The Hall–Kier alpha value is -2.75. The fourth-order valence-electron chi connectivity index (χ4n) is 4.50. The Balaban J connectivity index is 1.69. The Bertz CT molecular complexity index is 847. The third kappa shape index (κ3) is 3.64. The van der Waals surface area contributed by atoms with E-state index in [0.29, 0.717) is 5.96 Å². The topological polar surface area (TPSA) is 50.9 Å². The van der Waals surface area contributed by atoms with Gasteiger partial charge in [-0.2, -0.15) is 0 Å². The maximum absolute atomic E-state index is 6.49. The molecule has 2 aliphatic rings. The summed E-state index contributed by atoms with van der Waals surface area (Å²) in [5.41, 5.74) is 9.92. The first kappa shape index (κ1) is 18.6. The highest BCUT2D eigenvalue weighted by Gasteiger charge is 2.46. The van der Waals surface area contributed by atoms with E-state index < -0.39 is 0 Å². The summed E-state index contributed by atoms with van der Waals surface area (Å²) >= 11 is 0. The summed E-state index contributed by atoms with van der Waals surface area (Å²) in [6.45, 7) is 0.769. The van der Waals surface area contributed by atoms with E-state index in [0.717, 1.165) is 30.8 Å². The Kier molecular flexibility index (Phi) is 5.38. The maximum Gasteiger partial charge on any atom is 0.197 e. The van der Waals surface area contributed by atoms with Gasteiger partial charge in [0.2, 0.25) is 0 Å². The van der Waals surface area contributed by atoms with Crippen molar-refractivity contribution >= 4 is 12.0 Å². The SMILES string of the molecule is COc1ccc(CN2C(N)=N/C(=C\c3ccccc3)C23CCCCCC3)cc1. The minimum Gasteiger partial charge on any atom is -0.497 e. The van der Waals surface area contributed by atoms with Crippen molar-refractivity contribution in [3.63, 3.8) is 0 Å². The summed E-state index contributed by atoms with van der Waals surface area (Å²) in [6.07, 6.45) is 9.44. The molecule has 0 amide bonds. The van der Waals surface area contributed by atoms with Gasteiger partial charge in [0.25, 0.3) is 0 Å². The van der Waals surface area contributed by atoms with Gasteiger partial charge in [0, 0.05) is 6.54 Å². The quantitative estimate of drug-likeness (QED) is 0.822. The second kappa shape index (κ2) is 8.09. The molecule has 4 heteroatoms. The number of nitrogens with zero attached hydrogens (tertiary/aromatic N) is 2. The lowest BCUT2D eigenvalue weighted by Gasteiger charge is -2.40. The van der Waals surface area contributed by atoms with Gasteiger partial charge in [0.1, 0.15) is 5.75 Å². The molecule has 1 aliphatic carbocycles. The zero-order chi connectivity index (χ0) is 19.4. The average molecular weight is 376 g/mol. The zero-order valence-corrected chi connectivity index (χ0v) is 16.6. The normalized spacial score (nSPS) is 20.2. The van der Waals surface area contributed by atoms with Gasteiger partial charge in [-0.15, -0.1) is 0 Å². The summed E-state index contributed by atoms with van der Waals surface area (Å²) in [7, 11) is 1.70. The molecule has 4 nitrogen and oxygen atoms in total. The molecule has 0 saturated heterocycles. The van der Waals surface area contributed by atoms with Crippen molar-refractivity contribution in [3.05, 3.63) is 71.4 Å². The lowest BCUT2D eigenvalue weighted by Crippen LogP contribution is -2.50. The summed E-state index contributed by atoms with van der Waals surface area (Å²) in [5, 5.41) is 0. The molecule has 2 aromatic rings. The lowest BCUT2D eigenvalue weighted by atomic mass is 9.84. The van der Waals surface area contributed by atoms with E-state index in [1.165, 1.54) is 36.8 Å². The van der Waals surface area contributed by atoms with E-state index >= 15 is 0 Å². The monoisotopic (exact) mass is 375 g/mol. The fraction of sp³-hybridized carbons (Fsp3) is 0.375. The van der Waals surface area contributed by atoms with E-state index in [1.807, 2.05) is 18.2 Å². The molecule has 1 saturated carbocycles. The smallest absolute Gasteiger partial charge is 0.197 e. The second-order valence-electron chi connectivity index (χ2n) is 7.79.